The lowest BCUT2D eigenvalue weighted by Crippen LogP contribution is -2.17. The van der Waals surface area contributed by atoms with Gasteiger partial charge in [-0.1, -0.05) is 60.7 Å². The highest BCUT2D eigenvalue weighted by molar-refractivity contribution is 6.51. The van der Waals surface area contributed by atoms with Crippen LogP contribution in [0.3, 0.4) is 0 Å². The minimum atomic E-state index is -2.68. The second-order valence-corrected chi connectivity index (χ2v) is 9.68. The molecule has 1 aliphatic carbocycles. The van der Waals surface area contributed by atoms with E-state index in [1.54, 1.807) is 31.2 Å². The van der Waals surface area contributed by atoms with Crippen LogP contribution >= 0.6 is 0 Å². The van der Waals surface area contributed by atoms with Gasteiger partial charge in [-0.25, -0.2) is 18.2 Å². The highest BCUT2D eigenvalue weighted by Gasteiger charge is 2.33. The standard InChI is InChI=1S/C29H30F3NO/c1-19-26(21-12-14-23(15-13-21)29(3,32)22-9-5-4-6-10-22)24-16-11-20(8-7-17-28(2,30)31)18-25(34)27(24)33-19/h4-6,9-10,12-16,20H,7-8,11,17-18H2,1-3H3. The zero-order valence-corrected chi connectivity index (χ0v) is 19.9. The molecule has 0 spiro atoms. The van der Waals surface area contributed by atoms with Gasteiger partial charge in [0.2, 0.25) is 5.92 Å². The predicted molar refractivity (Wildman–Crippen MR) is 131 cm³/mol. The summed E-state index contributed by atoms with van der Waals surface area (Å²) in [6, 6.07) is 16.4. The Labute approximate surface area is 199 Å². The summed E-state index contributed by atoms with van der Waals surface area (Å²) >= 11 is 0. The average molecular weight is 466 g/mol. The Bertz CT molecular complexity index is 1150. The molecule has 0 fully saturated rings. The molecule has 2 aromatic carbocycles. The normalized spacial score (nSPS) is 20.4. The number of rotatable bonds is 7. The molecule has 2 nitrogen and oxygen atoms in total. The van der Waals surface area contributed by atoms with Crippen LogP contribution in [0.5, 0.6) is 0 Å². The third kappa shape index (κ3) is 5.08. The minimum Gasteiger partial charge on any atom is -0.292 e. The van der Waals surface area contributed by atoms with E-state index in [0.717, 1.165) is 29.3 Å². The van der Waals surface area contributed by atoms with Crippen LogP contribution in [0.1, 0.15) is 69.6 Å². The monoisotopic (exact) mass is 465 g/mol. The van der Waals surface area contributed by atoms with Crippen molar-refractivity contribution in [3.8, 4) is 0 Å². The first-order valence-corrected chi connectivity index (χ1v) is 11.8. The van der Waals surface area contributed by atoms with Gasteiger partial charge in [0.25, 0.3) is 0 Å². The third-order valence-electron chi connectivity index (χ3n) is 6.82. The molecular formula is C29H30F3NO. The molecule has 0 bridgehead atoms. The maximum absolute atomic E-state index is 15.6. The summed E-state index contributed by atoms with van der Waals surface area (Å²) in [4.78, 5) is 17.5. The molecule has 34 heavy (non-hydrogen) atoms. The van der Waals surface area contributed by atoms with Crippen LogP contribution in [-0.2, 0) is 10.5 Å². The summed E-state index contributed by atoms with van der Waals surface area (Å²) in [6.45, 7) is 4.37. The van der Waals surface area contributed by atoms with Crippen molar-refractivity contribution in [1.82, 2.24) is 0 Å². The summed E-state index contributed by atoms with van der Waals surface area (Å²) < 4.78 is 41.9. The van der Waals surface area contributed by atoms with Gasteiger partial charge in [0.05, 0.1) is 0 Å². The summed E-state index contributed by atoms with van der Waals surface area (Å²) in [5.41, 5.74) is 3.32. The Kier molecular flexibility index (Phi) is 6.66. The van der Waals surface area contributed by atoms with Gasteiger partial charge in [0.1, 0.15) is 5.71 Å². The third-order valence-corrected chi connectivity index (χ3v) is 6.82. The van der Waals surface area contributed by atoms with Gasteiger partial charge in [0.15, 0.2) is 11.5 Å². The highest BCUT2D eigenvalue weighted by atomic mass is 19.3. The molecule has 178 valence electrons. The molecule has 5 heteroatoms. The number of carbonyl (C=O) groups is 1. The first kappa shape index (κ1) is 24.2. The van der Waals surface area contributed by atoms with Crippen molar-refractivity contribution in [2.45, 2.75) is 64.5 Å². The van der Waals surface area contributed by atoms with Crippen molar-refractivity contribution in [2.75, 3.05) is 0 Å². The number of hydrogen-bond donors (Lipinski definition) is 0. The van der Waals surface area contributed by atoms with Crippen molar-refractivity contribution in [2.24, 2.45) is 10.9 Å². The number of Topliss-reactive ketones (excluding diaryl/α,β-unsaturated/α-hetero) is 1. The van der Waals surface area contributed by atoms with E-state index in [2.05, 4.69) is 4.99 Å². The molecule has 2 unspecified atom stereocenters. The number of carbonyl (C=O) groups excluding carboxylic acids is 1. The lowest BCUT2D eigenvalue weighted by atomic mass is 9.87. The number of benzene rings is 2. The van der Waals surface area contributed by atoms with Crippen LogP contribution in [0.15, 0.2) is 76.9 Å². The Morgan fingerprint density at radius 3 is 2.26 bits per heavy atom. The van der Waals surface area contributed by atoms with Crippen molar-refractivity contribution in [3.05, 3.63) is 88.6 Å². The maximum atomic E-state index is 15.6. The summed E-state index contributed by atoms with van der Waals surface area (Å²) in [6.07, 6.45) is 3.83. The molecule has 1 heterocycles. The molecule has 2 aliphatic rings. The van der Waals surface area contributed by atoms with Crippen LogP contribution in [0.2, 0.25) is 0 Å². The predicted octanol–water partition coefficient (Wildman–Crippen LogP) is 7.84. The maximum Gasteiger partial charge on any atom is 0.245 e. The lowest BCUT2D eigenvalue weighted by molar-refractivity contribution is -0.113. The van der Waals surface area contributed by atoms with Gasteiger partial charge in [-0.15, -0.1) is 0 Å². The lowest BCUT2D eigenvalue weighted by Gasteiger charge is -2.22. The number of fused-ring (bicyclic) bond motifs is 1. The molecule has 4 rings (SSSR count). The molecule has 2 atom stereocenters. The van der Waals surface area contributed by atoms with Crippen LogP contribution in [0.4, 0.5) is 13.2 Å². The fourth-order valence-corrected chi connectivity index (χ4v) is 4.89. The van der Waals surface area contributed by atoms with Gasteiger partial charge in [-0.3, -0.25) is 4.79 Å². The number of halogens is 3. The fourth-order valence-electron chi connectivity index (χ4n) is 4.89. The van der Waals surface area contributed by atoms with Gasteiger partial charge >= 0.3 is 0 Å². The molecule has 0 saturated carbocycles. The van der Waals surface area contributed by atoms with E-state index in [4.69, 9.17) is 0 Å². The van der Waals surface area contributed by atoms with E-state index < -0.39 is 11.6 Å². The Morgan fingerprint density at radius 1 is 0.971 bits per heavy atom. The summed E-state index contributed by atoms with van der Waals surface area (Å²) in [5.74, 6) is -2.68. The van der Waals surface area contributed by atoms with E-state index in [1.165, 1.54) is 0 Å². The van der Waals surface area contributed by atoms with E-state index in [9.17, 15) is 13.6 Å². The number of alkyl halides is 3. The van der Waals surface area contributed by atoms with Crippen LogP contribution in [-0.4, -0.2) is 17.4 Å². The zero-order valence-electron chi connectivity index (χ0n) is 19.9. The summed E-state index contributed by atoms with van der Waals surface area (Å²) in [7, 11) is 0. The van der Waals surface area contributed by atoms with Crippen molar-refractivity contribution < 1.29 is 18.0 Å². The number of allylic oxidation sites excluding steroid dienone is 4. The van der Waals surface area contributed by atoms with E-state index in [1.807, 2.05) is 43.3 Å². The second-order valence-electron chi connectivity index (χ2n) is 9.68. The van der Waals surface area contributed by atoms with E-state index >= 15 is 4.39 Å². The SMILES string of the molecule is CC1=C(c2ccc(C(C)(F)c3ccccc3)cc2)C2=CCC(CCCC(C)(F)F)CC(=O)C2=N1. The van der Waals surface area contributed by atoms with Gasteiger partial charge in [-0.2, -0.15) is 0 Å². The molecule has 2 aromatic rings. The molecule has 0 aromatic heterocycles. The molecular weight excluding hydrogens is 435 g/mol. The quantitative estimate of drug-likeness (QED) is 0.410. The molecule has 0 amide bonds. The van der Waals surface area contributed by atoms with Gasteiger partial charge in [-0.05, 0) is 62.6 Å². The van der Waals surface area contributed by atoms with Crippen molar-refractivity contribution in [3.63, 3.8) is 0 Å². The first-order chi connectivity index (χ1) is 16.1. The smallest absolute Gasteiger partial charge is 0.245 e. The topological polar surface area (TPSA) is 29.4 Å². The van der Waals surface area contributed by atoms with Crippen molar-refractivity contribution in [1.29, 1.82) is 0 Å². The van der Waals surface area contributed by atoms with Crippen LogP contribution in [0.25, 0.3) is 5.57 Å². The summed E-state index contributed by atoms with van der Waals surface area (Å²) in [5, 5.41) is 0. The van der Waals surface area contributed by atoms with Crippen LogP contribution < -0.4 is 0 Å². The largest absolute Gasteiger partial charge is 0.292 e. The number of aliphatic imine (C=N–C) groups is 1. The number of ketones is 1. The minimum absolute atomic E-state index is 0.0385. The number of nitrogens with zero attached hydrogens (tertiary/aromatic N) is 1. The Morgan fingerprint density at radius 2 is 1.62 bits per heavy atom. The fraction of sp³-hybridized carbons (Fsp3) is 0.379. The first-order valence-electron chi connectivity index (χ1n) is 11.8. The molecule has 1 aliphatic heterocycles. The Balaban J connectivity index is 1.55. The van der Waals surface area contributed by atoms with Crippen LogP contribution in [0, 0.1) is 5.92 Å². The van der Waals surface area contributed by atoms with Gasteiger partial charge in [0, 0.05) is 29.7 Å². The number of hydrogen-bond acceptors (Lipinski definition) is 2. The average Bonchev–Trinajstić information content (AvgIpc) is 3.05. The van der Waals surface area contributed by atoms with Crippen molar-refractivity contribution >= 4 is 17.1 Å². The molecule has 0 N–H and O–H groups in total. The zero-order chi connectivity index (χ0) is 24.5. The highest BCUT2D eigenvalue weighted by Crippen LogP contribution is 2.40. The van der Waals surface area contributed by atoms with E-state index in [0.29, 0.717) is 42.5 Å². The molecule has 0 saturated heterocycles. The van der Waals surface area contributed by atoms with E-state index in [-0.39, 0.29) is 18.1 Å². The van der Waals surface area contributed by atoms with Gasteiger partial charge < -0.3 is 0 Å². The second kappa shape index (κ2) is 9.36. The molecule has 0 radical (unpaired) electrons. The Hall–Kier alpha value is -2.95.